The fourth-order valence-corrected chi connectivity index (χ4v) is 2.68. The zero-order chi connectivity index (χ0) is 22.2. The number of nitro benzene ring substituents is 1. The van der Waals surface area contributed by atoms with Crippen molar-refractivity contribution in [1.82, 2.24) is 10.9 Å². The number of benzene rings is 2. The van der Waals surface area contributed by atoms with Crippen LogP contribution in [0, 0.1) is 22.4 Å². The summed E-state index contributed by atoms with van der Waals surface area (Å²) in [5, 5.41) is 29.6. The minimum absolute atomic E-state index is 0.00703. The molecule has 0 radical (unpaired) electrons. The van der Waals surface area contributed by atoms with Crippen LogP contribution in [0.2, 0.25) is 10.0 Å². The van der Waals surface area contributed by atoms with Crippen LogP contribution in [0.15, 0.2) is 46.4 Å². The lowest BCUT2D eigenvalue weighted by Gasteiger charge is -2.02. The molecule has 0 saturated carbocycles. The van der Waals surface area contributed by atoms with Gasteiger partial charge in [-0.15, -0.1) is 0 Å². The van der Waals surface area contributed by atoms with Crippen molar-refractivity contribution in [3.8, 4) is 0 Å². The molecule has 0 aliphatic carbocycles. The van der Waals surface area contributed by atoms with Gasteiger partial charge in [0.2, 0.25) is 5.96 Å². The number of hydroxylamine groups is 1. The molecule has 2 aromatic carbocycles. The molecule has 0 aliphatic heterocycles. The summed E-state index contributed by atoms with van der Waals surface area (Å²) >= 11 is 11.5. The summed E-state index contributed by atoms with van der Waals surface area (Å²) in [6.07, 6.45) is 1.03. The first kappa shape index (κ1) is 24.3. The summed E-state index contributed by atoms with van der Waals surface area (Å²) in [5.41, 5.74) is 4.10. The molecule has 5 N–H and O–H groups in total. The van der Waals surface area contributed by atoms with E-state index in [-0.39, 0.29) is 20.5 Å². The molecular formula is C15H15Cl2N5O6S. The highest BCUT2D eigenvalue weighted by Crippen LogP contribution is 2.32. The SMILES string of the molecule is Cc1ccc(S(=O)(=O)O)cc1.N=C(NO)NN=Cc1c(Cl)ccc(Cl)c1[N+](=O)[O-]. The van der Waals surface area contributed by atoms with Crippen molar-refractivity contribution in [3.05, 3.63) is 67.7 Å². The molecule has 2 rings (SSSR count). The van der Waals surface area contributed by atoms with Crippen LogP contribution in [0.1, 0.15) is 11.1 Å². The predicted octanol–water partition coefficient (Wildman–Crippen LogP) is 2.98. The van der Waals surface area contributed by atoms with Crippen LogP contribution in [0.3, 0.4) is 0 Å². The molecule has 29 heavy (non-hydrogen) atoms. The van der Waals surface area contributed by atoms with E-state index in [0.29, 0.717) is 0 Å². The largest absolute Gasteiger partial charge is 0.298 e. The number of halogens is 2. The van der Waals surface area contributed by atoms with Gasteiger partial charge in [0.05, 0.1) is 26.6 Å². The van der Waals surface area contributed by atoms with Crippen LogP contribution in [0.4, 0.5) is 5.69 Å². The Morgan fingerprint density at radius 2 is 1.76 bits per heavy atom. The first-order valence-electron chi connectivity index (χ1n) is 7.41. The molecule has 0 unspecified atom stereocenters. The highest BCUT2D eigenvalue weighted by Gasteiger charge is 2.20. The fraction of sp³-hybridized carbons (Fsp3) is 0.0667. The maximum absolute atomic E-state index is 10.8. The summed E-state index contributed by atoms with van der Waals surface area (Å²) in [4.78, 5) is 10.1. The van der Waals surface area contributed by atoms with Gasteiger partial charge in [-0.2, -0.15) is 13.5 Å². The molecule has 0 atom stereocenters. The van der Waals surface area contributed by atoms with Gasteiger partial charge in [0.1, 0.15) is 5.02 Å². The average molecular weight is 464 g/mol. The van der Waals surface area contributed by atoms with E-state index in [4.69, 9.17) is 38.4 Å². The van der Waals surface area contributed by atoms with Gasteiger partial charge in [0, 0.05) is 0 Å². The molecule has 0 aromatic heterocycles. The maximum Gasteiger partial charge on any atom is 0.298 e. The van der Waals surface area contributed by atoms with E-state index in [9.17, 15) is 18.5 Å². The predicted molar refractivity (Wildman–Crippen MR) is 107 cm³/mol. The number of hydrogen-bond acceptors (Lipinski definition) is 7. The minimum Gasteiger partial charge on any atom is -0.288 e. The zero-order valence-corrected chi connectivity index (χ0v) is 17.0. The zero-order valence-electron chi connectivity index (χ0n) is 14.6. The maximum atomic E-state index is 10.8. The molecule has 0 aliphatic rings. The second-order valence-electron chi connectivity index (χ2n) is 5.19. The van der Waals surface area contributed by atoms with Crippen molar-refractivity contribution in [3.63, 3.8) is 0 Å². The Hall–Kier alpha value is -2.77. The number of aryl methyl sites for hydroxylation is 1. The Bertz CT molecular complexity index is 1030. The van der Waals surface area contributed by atoms with E-state index in [0.717, 1.165) is 11.8 Å². The second-order valence-corrected chi connectivity index (χ2v) is 7.43. The van der Waals surface area contributed by atoms with Crippen molar-refractivity contribution in [2.45, 2.75) is 11.8 Å². The molecule has 0 saturated heterocycles. The second kappa shape index (κ2) is 10.7. The lowest BCUT2D eigenvalue weighted by atomic mass is 10.2. The molecule has 0 spiro atoms. The van der Waals surface area contributed by atoms with E-state index >= 15 is 0 Å². The smallest absolute Gasteiger partial charge is 0.288 e. The summed E-state index contributed by atoms with van der Waals surface area (Å²) in [6.45, 7) is 1.84. The number of rotatable bonds is 4. The Morgan fingerprint density at radius 1 is 1.21 bits per heavy atom. The van der Waals surface area contributed by atoms with E-state index in [1.165, 1.54) is 29.7 Å². The number of nitrogens with one attached hydrogen (secondary N) is 3. The fourth-order valence-electron chi connectivity index (χ4n) is 1.76. The van der Waals surface area contributed by atoms with E-state index < -0.39 is 26.7 Å². The molecular weight excluding hydrogens is 449 g/mol. The molecule has 0 fully saturated rings. The number of nitro groups is 1. The Labute approximate surface area is 175 Å². The van der Waals surface area contributed by atoms with Crippen molar-refractivity contribution >= 4 is 51.2 Å². The summed E-state index contributed by atoms with van der Waals surface area (Å²) < 4.78 is 29.6. The van der Waals surface area contributed by atoms with E-state index in [2.05, 4.69) is 10.5 Å². The topological polar surface area (TPSA) is 178 Å². The molecule has 14 heteroatoms. The van der Waals surface area contributed by atoms with E-state index in [1.54, 1.807) is 12.1 Å². The third kappa shape index (κ3) is 7.63. The first-order chi connectivity index (χ1) is 13.5. The number of nitrogens with zero attached hydrogens (tertiary/aromatic N) is 2. The van der Waals surface area contributed by atoms with Gasteiger partial charge >= 0.3 is 0 Å². The van der Waals surface area contributed by atoms with Crippen LogP contribution < -0.4 is 10.9 Å². The van der Waals surface area contributed by atoms with Gasteiger partial charge in [-0.1, -0.05) is 40.9 Å². The molecule has 0 heterocycles. The molecule has 11 nitrogen and oxygen atoms in total. The Kier molecular flexibility index (Phi) is 8.94. The van der Waals surface area contributed by atoms with Gasteiger partial charge in [-0.3, -0.25) is 25.3 Å². The van der Waals surface area contributed by atoms with Crippen molar-refractivity contribution in [2.24, 2.45) is 5.10 Å². The highest BCUT2D eigenvalue weighted by molar-refractivity contribution is 7.85. The molecule has 2 aromatic rings. The quantitative estimate of drug-likeness (QED) is 0.151. The van der Waals surface area contributed by atoms with Crippen LogP contribution >= 0.6 is 23.2 Å². The Morgan fingerprint density at radius 3 is 2.24 bits per heavy atom. The summed E-state index contributed by atoms with van der Waals surface area (Å²) in [5.74, 6) is -0.507. The third-order valence-corrected chi connectivity index (χ3v) is 4.60. The van der Waals surface area contributed by atoms with Gasteiger partial charge < -0.3 is 0 Å². The summed E-state index contributed by atoms with van der Waals surface area (Å²) in [6, 6.07) is 8.67. The van der Waals surface area contributed by atoms with E-state index in [1.807, 2.05) is 6.92 Å². The van der Waals surface area contributed by atoms with Crippen molar-refractivity contribution in [2.75, 3.05) is 0 Å². The van der Waals surface area contributed by atoms with Crippen molar-refractivity contribution < 1.29 is 23.1 Å². The number of hydrazone groups is 1. The van der Waals surface area contributed by atoms with Gasteiger partial charge in [-0.25, -0.2) is 10.9 Å². The van der Waals surface area contributed by atoms with Crippen LogP contribution in [-0.2, 0) is 10.1 Å². The number of hydrogen-bond donors (Lipinski definition) is 5. The third-order valence-electron chi connectivity index (χ3n) is 3.10. The van der Waals surface area contributed by atoms with Crippen LogP contribution in [0.5, 0.6) is 0 Å². The van der Waals surface area contributed by atoms with Crippen molar-refractivity contribution in [1.29, 1.82) is 5.41 Å². The van der Waals surface area contributed by atoms with Gasteiger partial charge in [0.25, 0.3) is 15.8 Å². The normalized spacial score (nSPS) is 10.8. The van der Waals surface area contributed by atoms with Gasteiger partial charge in [0.15, 0.2) is 0 Å². The first-order valence-corrected chi connectivity index (χ1v) is 9.61. The average Bonchev–Trinajstić information content (AvgIpc) is 2.64. The number of guanidine groups is 1. The highest BCUT2D eigenvalue weighted by atomic mass is 35.5. The van der Waals surface area contributed by atoms with Crippen LogP contribution in [0.25, 0.3) is 0 Å². The molecule has 156 valence electrons. The van der Waals surface area contributed by atoms with Crippen LogP contribution in [-0.4, -0.2) is 35.3 Å². The lowest BCUT2D eigenvalue weighted by Crippen LogP contribution is -2.30. The lowest BCUT2D eigenvalue weighted by molar-refractivity contribution is -0.384. The minimum atomic E-state index is -4.02. The monoisotopic (exact) mass is 463 g/mol. The Balaban J connectivity index is 0.000000326. The van der Waals surface area contributed by atoms with Gasteiger partial charge in [-0.05, 0) is 31.2 Å². The molecule has 0 amide bonds. The summed E-state index contributed by atoms with van der Waals surface area (Å²) in [7, 11) is -4.02. The standard InChI is InChI=1S/C8H7Cl2N5O3.C7H8O3S/c9-5-1-2-6(10)7(15(17)18)4(5)3-12-13-8(11)14-16;1-6-2-4-7(5-3-6)11(8,9)10/h1-3,16H,(H3,11,13,14);2-5H,1H3,(H,8,9,10). The molecule has 0 bridgehead atoms.